The van der Waals surface area contributed by atoms with Gasteiger partial charge in [0.25, 0.3) is 0 Å². The monoisotopic (exact) mass is 140 g/mol. The maximum atomic E-state index is 4.28. The third kappa shape index (κ3) is 2.47. The van der Waals surface area contributed by atoms with Crippen molar-refractivity contribution in [1.29, 1.82) is 0 Å². The molecule has 0 amide bonds. The summed E-state index contributed by atoms with van der Waals surface area (Å²) in [5, 5.41) is 5.36. The topological polar surface area (TPSA) is 29.4 Å². The van der Waals surface area contributed by atoms with Gasteiger partial charge in [0.15, 0.2) is 0 Å². The molecule has 1 aliphatic rings. The second-order valence-electron chi connectivity index (χ2n) is 2.32. The molecular formula is C7H14N3. The van der Waals surface area contributed by atoms with Gasteiger partial charge in [-0.15, -0.1) is 6.58 Å². The highest BCUT2D eigenvalue weighted by Gasteiger charge is 2.07. The lowest BCUT2D eigenvalue weighted by Crippen LogP contribution is -2.47. The van der Waals surface area contributed by atoms with E-state index in [0.29, 0.717) is 0 Å². The number of piperazine rings is 1. The van der Waals surface area contributed by atoms with Crippen molar-refractivity contribution in [3.63, 3.8) is 0 Å². The average Bonchev–Trinajstić information content (AvgIpc) is 2.03. The highest BCUT2D eigenvalue weighted by Crippen LogP contribution is 1.87. The minimum absolute atomic E-state index is 0.750. The van der Waals surface area contributed by atoms with Crippen LogP contribution in [-0.4, -0.2) is 37.7 Å². The van der Waals surface area contributed by atoms with E-state index < -0.39 is 0 Å². The zero-order valence-corrected chi connectivity index (χ0v) is 6.21. The summed E-state index contributed by atoms with van der Waals surface area (Å²) in [6.07, 6.45) is 1.82. The molecule has 3 nitrogen and oxygen atoms in total. The SMILES string of the molecule is C=CC[N]N1CCNCC1. The summed E-state index contributed by atoms with van der Waals surface area (Å²) in [5.74, 6) is 0. The number of hydrogen-bond acceptors (Lipinski definition) is 2. The van der Waals surface area contributed by atoms with Gasteiger partial charge in [-0.25, -0.2) is 5.01 Å². The summed E-state index contributed by atoms with van der Waals surface area (Å²) >= 11 is 0. The van der Waals surface area contributed by atoms with Gasteiger partial charge in [-0.05, 0) is 0 Å². The molecule has 3 heteroatoms. The summed E-state index contributed by atoms with van der Waals surface area (Å²) in [5.41, 5.74) is 4.28. The van der Waals surface area contributed by atoms with Crippen LogP contribution in [0.3, 0.4) is 0 Å². The molecule has 57 valence electrons. The highest BCUT2D eigenvalue weighted by atomic mass is 15.5. The first-order valence-electron chi connectivity index (χ1n) is 3.67. The van der Waals surface area contributed by atoms with Gasteiger partial charge in [-0.1, -0.05) is 6.08 Å². The standard InChI is InChI=1S/C7H14N3/c1-2-3-9-10-6-4-8-5-7-10/h2,8H,1,3-7H2. The first kappa shape index (κ1) is 7.72. The average molecular weight is 140 g/mol. The second-order valence-corrected chi connectivity index (χ2v) is 2.32. The third-order valence-corrected chi connectivity index (χ3v) is 1.50. The number of nitrogens with zero attached hydrogens (tertiary/aromatic N) is 2. The van der Waals surface area contributed by atoms with E-state index in [1.54, 1.807) is 0 Å². The van der Waals surface area contributed by atoms with E-state index >= 15 is 0 Å². The summed E-state index contributed by atoms with van der Waals surface area (Å²) in [6, 6.07) is 0. The van der Waals surface area contributed by atoms with Crippen molar-refractivity contribution >= 4 is 0 Å². The Morgan fingerprint density at radius 2 is 2.20 bits per heavy atom. The van der Waals surface area contributed by atoms with Crippen molar-refractivity contribution < 1.29 is 0 Å². The molecule has 1 radical (unpaired) electrons. The molecule has 0 atom stereocenters. The molecule has 0 saturated carbocycles. The normalized spacial score (nSPS) is 20.8. The lowest BCUT2D eigenvalue weighted by atomic mass is 10.4. The van der Waals surface area contributed by atoms with E-state index in [1.165, 1.54) is 0 Å². The first-order valence-corrected chi connectivity index (χ1v) is 3.67. The van der Waals surface area contributed by atoms with Crippen LogP contribution in [0.25, 0.3) is 0 Å². The Morgan fingerprint density at radius 1 is 1.50 bits per heavy atom. The van der Waals surface area contributed by atoms with Crippen LogP contribution >= 0.6 is 0 Å². The van der Waals surface area contributed by atoms with Gasteiger partial charge >= 0.3 is 0 Å². The van der Waals surface area contributed by atoms with Gasteiger partial charge in [0.2, 0.25) is 0 Å². The molecule has 0 aromatic carbocycles. The summed E-state index contributed by atoms with van der Waals surface area (Å²) < 4.78 is 0. The molecule has 1 aliphatic heterocycles. The van der Waals surface area contributed by atoms with Crippen LogP contribution in [-0.2, 0) is 0 Å². The van der Waals surface area contributed by atoms with E-state index in [2.05, 4.69) is 22.3 Å². The largest absolute Gasteiger partial charge is 0.314 e. The van der Waals surface area contributed by atoms with Crippen LogP contribution in [0.1, 0.15) is 0 Å². The van der Waals surface area contributed by atoms with Crippen molar-refractivity contribution in [2.75, 3.05) is 32.7 Å². The van der Waals surface area contributed by atoms with Gasteiger partial charge in [-0.2, -0.15) is 5.43 Å². The minimum Gasteiger partial charge on any atom is -0.314 e. The molecule has 1 heterocycles. The Bertz CT molecular complexity index is 97.0. The molecule has 10 heavy (non-hydrogen) atoms. The Kier molecular flexibility index (Phi) is 3.43. The van der Waals surface area contributed by atoms with Crippen molar-refractivity contribution in [2.24, 2.45) is 0 Å². The smallest absolute Gasteiger partial charge is 0.0485 e. The van der Waals surface area contributed by atoms with Crippen molar-refractivity contribution in [3.8, 4) is 0 Å². The fourth-order valence-electron chi connectivity index (χ4n) is 0.968. The molecule has 1 N–H and O–H groups in total. The van der Waals surface area contributed by atoms with Crippen molar-refractivity contribution in [1.82, 2.24) is 15.8 Å². The zero-order valence-electron chi connectivity index (χ0n) is 6.21. The van der Waals surface area contributed by atoms with Gasteiger partial charge < -0.3 is 5.32 Å². The van der Waals surface area contributed by atoms with Gasteiger partial charge in [-0.3, -0.25) is 0 Å². The predicted molar refractivity (Wildman–Crippen MR) is 41.6 cm³/mol. The van der Waals surface area contributed by atoms with Crippen LogP contribution in [0.4, 0.5) is 0 Å². The highest BCUT2D eigenvalue weighted by molar-refractivity contribution is 4.70. The van der Waals surface area contributed by atoms with Gasteiger partial charge in [0.1, 0.15) is 0 Å². The van der Waals surface area contributed by atoms with E-state index in [1.807, 2.05) is 6.08 Å². The van der Waals surface area contributed by atoms with Crippen LogP contribution in [0, 0.1) is 0 Å². The number of hydrogen-bond donors (Lipinski definition) is 1. The van der Waals surface area contributed by atoms with Crippen LogP contribution in [0.15, 0.2) is 12.7 Å². The van der Waals surface area contributed by atoms with Gasteiger partial charge in [0.05, 0.1) is 0 Å². The quantitative estimate of drug-likeness (QED) is 0.540. The molecule has 0 aliphatic carbocycles. The van der Waals surface area contributed by atoms with E-state index in [4.69, 9.17) is 0 Å². The maximum Gasteiger partial charge on any atom is 0.0485 e. The fraction of sp³-hybridized carbons (Fsp3) is 0.714. The van der Waals surface area contributed by atoms with E-state index in [9.17, 15) is 0 Å². The summed E-state index contributed by atoms with van der Waals surface area (Å²) in [4.78, 5) is 0. The zero-order chi connectivity index (χ0) is 7.23. The van der Waals surface area contributed by atoms with E-state index in [0.717, 1.165) is 32.7 Å². The summed E-state index contributed by atoms with van der Waals surface area (Å²) in [7, 11) is 0. The molecule has 0 aromatic heterocycles. The Hall–Kier alpha value is -0.380. The molecular weight excluding hydrogens is 126 g/mol. The molecule has 0 aromatic rings. The Morgan fingerprint density at radius 3 is 2.80 bits per heavy atom. The van der Waals surface area contributed by atoms with Crippen molar-refractivity contribution in [3.05, 3.63) is 12.7 Å². The molecule has 1 fully saturated rings. The maximum absolute atomic E-state index is 4.28. The third-order valence-electron chi connectivity index (χ3n) is 1.50. The van der Waals surface area contributed by atoms with E-state index in [-0.39, 0.29) is 0 Å². The lowest BCUT2D eigenvalue weighted by Gasteiger charge is -2.25. The molecule has 1 saturated heterocycles. The molecule has 1 rings (SSSR count). The summed E-state index contributed by atoms with van der Waals surface area (Å²) in [6.45, 7) is 8.54. The molecule has 0 unspecified atom stereocenters. The van der Waals surface area contributed by atoms with Gasteiger partial charge in [0, 0.05) is 32.7 Å². The molecule has 0 spiro atoms. The lowest BCUT2D eigenvalue weighted by molar-refractivity contribution is 0.166. The number of nitrogens with one attached hydrogen (secondary N) is 1. The fourth-order valence-corrected chi connectivity index (χ4v) is 0.968. The second kappa shape index (κ2) is 4.44. The minimum atomic E-state index is 0.750. The first-order chi connectivity index (χ1) is 4.93. The van der Waals surface area contributed by atoms with Crippen LogP contribution in [0.5, 0.6) is 0 Å². The molecule has 0 bridgehead atoms. The Labute approximate surface area is 62.1 Å². The van der Waals surface area contributed by atoms with Crippen molar-refractivity contribution in [2.45, 2.75) is 0 Å². The van der Waals surface area contributed by atoms with Crippen LogP contribution in [0.2, 0.25) is 0 Å². The Balaban J connectivity index is 2.07. The van der Waals surface area contributed by atoms with Crippen LogP contribution < -0.4 is 10.7 Å². The number of rotatable bonds is 3. The predicted octanol–water partition coefficient (Wildman–Crippen LogP) is -0.403.